The summed E-state index contributed by atoms with van der Waals surface area (Å²) in [5.41, 5.74) is 8.05. The van der Waals surface area contributed by atoms with E-state index in [9.17, 15) is 19.7 Å². The number of benzene rings is 3. The van der Waals surface area contributed by atoms with E-state index in [1.807, 2.05) is 0 Å². The van der Waals surface area contributed by atoms with Crippen molar-refractivity contribution in [2.24, 2.45) is 0 Å². The maximum absolute atomic E-state index is 12.3. The molecular weight excluding hydrogens is 418 g/mol. The zero-order valence-electron chi connectivity index (χ0n) is 16.2. The Morgan fingerprint density at radius 3 is 2.45 bits per heavy atom. The van der Waals surface area contributed by atoms with E-state index in [-0.39, 0.29) is 18.1 Å². The van der Waals surface area contributed by atoms with Crippen molar-refractivity contribution in [2.75, 3.05) is 11.1 Å². The van der Waals surface area contributed by atoms with Crippen LogP contribution >= 0.6 is 11.9 Å². The lowest BCUT2D eigenvalue weighted by molar-refractivity contribution is -0.385. The summed E-state index contributed by atoms with van der Waals surface area (Å²) in [6, 6.07) is 19.3. The summed E-state index contributed by atoms with van der Waals surface area (Å²) in [5, 5.41) is 16.2. The van der Waals surface area contributed by atoms with Crippen LogP contribution in [0.25, 0.3) is 0 Å². The molecule has 3 amide bonds. The van der Waals surface area contributed by atoms with Crippen LogP contribution in [0.1, 0.15) is 15.9 Å². The van der Waals surface area contributed by atoms with Crippen molar-refractivity contribution in [3.63, 3.8) is 0 Å². The van der Waals surface area contributed by atoms with Gasteiger partial charge in [-0.3, -0.25) is 19.6 Å². The number of nitro benzene ring substituents is 1. The molecule has 0 aromatic heterocycles. The van der Waals surface area contributed by atoms with Crippen molar-refractivity contribution in [1.82, 2.24) is 10.0 Å². The number of nitro groups is 1. The lowest BCUT2D eigenvalue weighted by Gasteiger charge is -2.09. The summed E-state index contributed by atoms with van der Waals surface area (Å²) in [6.07, 6.45) is 0. The van der Waals surface area contributed by atoms with E-state index in [0.29, 0.717) is 21.8 Å². The molecule has 3 aromatic carbocycles. The van der Waals surface area contributed by atoms with Crippen LogP contribution in [0.4, 0.5) is 21.9 Å². The smallest absolute Gasteiger partial charge is 0.325 e. The van der Waals surface area contributed by atoms with Gasteiger partial charge < -0.3 is 16.4 Å². The van der Waals surface area contributed by atoms with Gasteiger partial charge in [-0.25, -0.2) is 4.79 Å². The monoisotopic (exact) mass is 437 g/mol. The normalized spacial score (nSPS) is 10.2. The highest BCUT2D eigenvalue weighted by atomic mass is 32.2. The molecule has 0 unspecified atom stereocenters. The van der Waals surface area contributed by atoms with Crippen molar-refractivity contribution in [2.45, 2.75) is 11.4 Å². The molecule has 158 valence electrons. The molecule has 0 atom stereocenters. The number of anilines is 2. The number of carbonyl (C=O) groups is 2. The highest BCUT2D eigenvalue weighted by molar-refractivity contribution is 7.98. The maximum atomic E-state index is 12.3. The molecular formula is C21H19N5O4S. The molecule has 10 heteroatoms. The number of nitrogens with two attached hydrogens (primary N) is 1. The lowest BCUT2D eigenvalue weighted by atomic mass is 10.1. The number of rotatable bonds is 7. The Labute approximate surface area is 182 Å². The second-order valence-corrected chi connectivity index (χ2v) is 7.26. The Morgan fingerprint density at radius 2 is 1.74 bits per heavy atom. The number of non-ortho nitro benzene ring substituents is 1. The van der Waals surface area contributed by atoms with Gasteiger partial charge in [-0.2, -0.15) is 0 Å². The second kappa shape index (κ2) is 10.1. The molecule has 5 N–H and O–H groups in total. The summed E-state index contributed by atoms with van der Waals surface area (Å²) in [5.74, 6) is -0.288. The minimum Gasteiger partial charge on any atom is -0.397 e. The van der Waals surface area contributed by atoms with Gasteiger partial charge in [-0.15, -0.1) is 0 Å². The molecule has 0 saturated heterocycles. The van der Waals surface area contributed by atoms with Crippen LogP contribution in [0.5, 0.6) is 0 Å². The summed E-state index contributed by atoms with van der Waals surface area (Å²) in [7, 11) is 0. The molecule has 0 aliphatic rings. The van der Waals surface area contributed by atoms with Gasteiger partial charge in [0.15, 0.2) is 0 Å². The van der Waals surface area contributed by atoms with Crippen LogP contribution in [-0.4, -0.2) is 16.9 Å². The highest BCUT2D eigenvalue weighted by Gasteiger charge is 2.09. The number of carbonyl (C=O) groups excluding carboxylic acids is 2. The van der Waals surface area contributed by atoms with Crippen molar-refractivity contribution in [3.05, 3.63) is 94.0 Å². The first-order valence-electron chi connectivity index (χ1n) is 9.12. The summed E-state index contributed by atoms with van der Waals surface area (Å²) >= 11 is 0.974. The van der Waals surface area contributed by atoms with Crippen molar-refractivity contribution >= 4 is 40.9 Å². The first-order chi connectivity index (χ1) is 14.9. The largest absolute Gasteiger partial charge is 0.397 e. The fraction of sp³-hybridized carbons (Fsp3) is 0.0476. The minimum atomic E-state index is -0.497. The molecule has 0 saturated carbocycles. The Bertz CT molecular complexity index is 1100. The molecule has 0 fully saturated rings. The zero-order valence-corrected chi connectivity index (χ0v) is 17.0. The molecule has 3 aromatic rings. The van der Waals surface area contributed by atoms with E-state index in [0.717, 1.165) is 17.5 Å². The number of hydrogen-bond donors (Lipinski definition) is 4. The van der Waals surface area contributed by atoms with Crippen molar-refractivity contribution < 1.29 is 14.5 Å². The first-order valence-corrected chi connectivity index (χ1v) is 9.94. The molecule has 9 nitrogen and oxygen atoms in total. The number of nitrogens with one attached hydrogen (secondary N) is 3. The van der Waals surface area contributed by atoms with E-state index >= 15 is 0 Å². The topological polar surface area (TPSA) is 139 Å². The van der Waals surface area contributed by atoms with E-state index in [1.54, 1.807) is 60.7 Å². The Kier molecular flexibility index (Phi) is 7.07. The lowest BCUT2D eigenvalue weighted by Crippen LogP contribution is -2.30. The third-order valence-corrected chi connectivity index (χ3v) is 4.95. The fourth-order valence-electron chi connectivity index (χ4n) is 2.56. The number of para-hydroxylation sites is 2. The molecule has 0 aliphatic carbocycles. The Balaban J connectivity index is 1.48. The second-order valence-electron chi connectivity index (χ2n) is 6.38. The van der Waals surface area contributed by atoms with E-state index < -0.39 is 11.0 Å². The Hall–Kier alpha value is -4.05. The molecule has 31 heavy (non-hydrogen) atoms. The van der Waals surface area contributed by atoms with Gasteiger partial charge in [0.1, 0.15) is 0 Å². The summed E-state index contributed by atoms with van der Waals surface area (Å²) < 4.78 is 2.57. The quantitative estimate of drug-likeness (QED) is 0.191. The van der Waals surface area contributed by atoms with Gasteiger partial charge >= 0.3 is 6.03 Å². The molecule has 0 bridgehead atoms. The fourth-order valence-corrected chi connectivity index (χ4v) is 3.17. The van der Waals surface area contributed by atoms with E-state index in [4.69, 9.17) is 5.73 Å². The standard InChI is InChI=1S/C21H19N5O4S/c22-18-6-1-2-7-19(18)24-20(27)15-10-8-14(9-11-15)13-23-21(28)25-31-17-5-3-4-16(12-17)26(29)30/h1-12H,13,22H2,(H,24,27)(H2,23,25,28). The molecule has 0 aliphatic heterocycles. The predicted octanol–water partition coefficient (Wildman–Crippen LogP) is 3.94. The van der Waals surface area contributed by atoms with Crippen LogP contribution in [0.15, 0.2) is 77.7 Å². The van der Waals surface area contributed by atoms with Crippen LogP contribution in [-0.2, 0) is 6.54 Å². The van der Waals surface area contributed by atoms with Gasteiger partial charge in [0.05, 0.1) is 16.3 Å². The molecule has 0 spiro atoms. The predicted molar refractivity (Wildman–Crippen MR) is 120 cm³/mol. The minimum absolute atomic E-state index is 0.0497. The van der Waals surface area contributed by atoms with Crippen LogP contribution in [0.3, 0.4) is 0 Å². The van der Waals surface area contributed by atoms with Gasteiger partial charge in [0, 0.05) is 29.1 Å². The van der Waals surface area contributed by atoms with E-state index in [2.05, 4.69) is 15.4 Å². The van der Waals surface area contributed by atoms with Crippen LogP contribution in [0, 0.1) is 10.1 Å². The third-order valence-electron chi connectivity index (χ3n) is 4.17. The van der Waals surface area contributed by atoms with Crippen molar-refractivity contribution in [3.8, 4) is 0 Å². The molecule has 0 radical (unpaired) electrons. The van der Waals surface area contributed by atoms with Gasteiger partial charge in [0.2, 0.25) is 0 Å². The first kappa shape index (κ1) is 21.7. The summed E-state index contributed by atoms with van der Waals surface area (Å²) in [6.45, 7) is 0.245. The average molecular weight is 437 g/mol. The Morgan fingerprint density at radius 1 is 1.00 bits per heavy atom. The van der Waals surface area contributed by atoms with Crippen LogP contribution in [0.2, 0.25) is 0 Å². The number of amides is 3. The average Bonchev–Trinajstić information content (AvgIpc) is 2.78. The number of nitrogen functional groups attached to an aromatic ring is 1. The van der Waals surface area contributed by atoms with Gasteiger partial charge in [-0.1, -0.05) is 30.3 Å². The third kappa shape index (κ3) is 6.21. The number of nitrogens with zero attached hydrogens (tertiary/aromatic N) is 1. The molecule has 0 heterocycles. The van der Waals surface area contributed by atoms with E-state index in [1.165, 1.54) is 12.1 Å². The number of urea groups is 1. The van der Waals surface area contributed by atoms with Gasteiger partial charge in [-0.05, 0) is 47.8 Å². The molecule has 3 rings (SSSR count). The SMILES string of the molecule is Nc1ccccc1NC(=O)c1ccc(CNC(=O)NSc2cccc([N+](=O)[O-])c2)cc1. The summed E-state index contributed by atoms with van der Waals surface area (Å²) in [4.78, 5) is 35.1. The zero-order chi connectivity index (χ0) is 22.2. The van der Waals surface area contributed by atoms with Crippen molar-refractivity contribution in [1.29, 1.82) is 0 Å². The number of hydrogen-bond acceptors (Lipinski definition) is 6. The van der Waals surface area contributed by atoms with Gasteiger partial charge in [0.25, 0.3) is 11.6 Å². The maximum Gasteiger partial charge on any atom is 0.325 e. The highest BCUT2D eigenvalue weighted by Crippen LogP contribution is 2.20. The van der Waals surface area contributed by atoms with Crippen LogP contribution < -0.4 is 21.1 Å².